The van der Waals surface area contributed by atoms with E-state index in [9.17, 15) is 14.7 Å². The molecule has 2 aromatic rings. The van der Waals surface area contributed by atoms with Gasteiger partial charge < -0.3 is 15.7 Å². The molecule has 0 fully saturated rings. The van der Waals surface area contributed by atoms with Crippen molar-refractivity contribution in [1.29, 1.82) is 0 Å². The molecule has 0 atom stereocenters. The van der Waals surface area contributed by atoms with E-state index in [1.165, 1.54) is 0 Å². The first-order valence-electron chi connectivity index (χ1n) is 6.90. The lowest BCUT2D eigenvalue weighted by Gasteiger charge is -2.08. The Hall–Kier alpha value is -2.82. The molecule has 0 unspecified atom stereocenters. The van der Waals surface area contributed by atoms with Gasteiger partial charge in [0.1, 0.15) is 5.75 Å². The van der Waals surface area contributed by atoms with E-state index in [4.69, 9.17) is 0 Å². The van der Waals surface area contributed by atoms with Crippen LogP contribution in [0.1, 0.15) is 31.8 Å². The number of carbonyl (C=O) groups is 2. The molecular formula is C17H18N2O3. The summed E-state index contributed by atoms with van der Waals surface area (Å²) in [5.41, 5.74) is 2.56. The van der Waals surface area contributed by atoms with Crippen molar-refractivity contribution in [2.45, 2.75) is 13.5 Å². The average Bonchev–Trinajstić information content (AvgIpc) is 2.52. The minimum atomic E-state index is -0.340. The highest BCUT2D eigenvalue weighted by molar-refractivity contribution is 5.97. The Morgan fingerprint density at radius 3 is 2.32 bits per heavy atom. The fraction of sp³-hybridized carbons (Fsp3) is 0.176. The molecular weight excluding hydrogens is 280 g/mol. The lowest BCUT2D eigenvalue weighted by Crippen LogP contribution is -2.23. The number of phenols is 1. The van der Waals surface area contributed by atoms with E-state index in [0.29, 0.717) is 12.1 Å². The molecule has 22 heavy (non-hydrogen) atoms. The molecule has 0 saturated carbocycles. The van der Waals surface area contributed by atoms with E-state index >= 15 is 0 Å². The van der Waals surface area contributed by atoms with Crippen molar-refractivity contribution in [2.75, 3.05) is 7.05 Å². The number of amides is 2. The molecule has 0 radical (unpaired) electrons. The van der Waals surface area contributed by atoms with Crippen molar-refractivity contribution < 1.29 is 14.7 Å². The number of carbonyl (C=O) groups excluding carboxylic acids is 2. The summed E-state index contributed by atoms with van der Waals surface area (Å²) in [6.45, 7) is 2.16. The lowest BCUT2D eigenvalue weighted by atomic mass is 10.1. The maximum atomic E-state index is 12.0. The van der Waals surface area contributed by atoms with E-state index in [1.54, 1.807) is 49.5 Å². The van der Waals surface area contributed by atoms with E-state index < -0.39 is 0 Å². The maximum absolute atomic E-state index is 12.0. The number of benzene rings is 2. The Kier molecular flexibility index (Phi) is 4.78. The standard InChI is InChI=1S/C17H18N2O3/c1-11-3-8-14(15(20)9-11)17(22)19-10-12-4-6-13(7-5-12)16(21)18-2/h3-9,20H,10H2,1-2H3,(H,18,21)(H,19,22). The van der Waals surface area contributed by atoms with Crippen LogP contribution in [-0.2, 0) is 6.54 Å². The van der Waals surface area contributed by atoms with E-state index in [-0.39, 0.29) is 23.1 Å². The van der Waals surface area contributed by atoms with Crippen LogP contribution in [0.3, 0.4) is 0 Å². The summed E-state index contributed by atoms with van der Waals surface area (Å²) in [6, 6.07) is 11.9. The Labute approximate surface area is 129 Å². The fourth-order valence-corrected chi connectivity index (χ4v) is 2.03. The summed E-state index contributed by atoms with van der Waals surface area (Å²) in [5.74, 6) is -0.527. The first-order valence-corrected chi connectivity index (χ1v) is 6.90. The average molecular weight is 298 g/mol. The predicted molar refractivity (Wildman–Crippen MR) is 83.8 cm³/mol. The minimum absolute atomic E-state index is 0.0348. The maximum Gasteiger partial charge on any atom is 0.255 e. The van der Waals surface area contributed by atoms with Crippen LogP contribution in [0.25, 0.3) is 0 Å². The third-order valence-electron chi connectivity index (χ3n) is 3.29. The molecule has 114 valence electrons. The van der Waals surface area contributed by atoms with Gasteiger partial charge in [-0.25, -0.2) is 0 Å². The van der Waals surface area contributed by atoms with Crippen LogP contribution in [0, 0.1) is 6.92 Å². The van der Waals surface area contributed by atoms with Crippen molar-refractivity contribution in [3.8, 4) is 5.75 Å². The van der Waals surface area contributed by atoms with Crippen LogP contribution in [0.5, 0.6) is 5.75 Å². The van der Waals surface area contributed by atoms with Crippen molar-refractivity contribution >= 4 is 11.8 Å². The van der Waals surface area contributed by atoms with Gasteiger partial charge in [-0.15, -0.1) is 0 Å². The summed E-state index contributed by atoms with van der Waals surface area (Å²) < 4.78 is 0. The third-order valence-corrected chi connectivity index (χ3v) is 3.29. The number of aryl methyl sites for hydroxylation is 1. The van der Waals surface area contributed by atoms with E-state index in [0.717, 1.165) is 11.1 Å². The molecule has 2 aromatic carbocycles. The topological polar surface area (TPSA) is 78.4 Å². The summed E-state index contributed by atoms with van der Waals surface area (Å²) in [5, 5.41) is 15.1. The molecule has 0 bridgehead atoms. The molecule has 0 saturated heterocycles. The number of hydrogen-bond donors (Lipinski definition) is 3. The van der Waals surface area contributed by atoms with Crippen LogP contribution in [0.2, 0.25) is 0 Å². The Morgan fingerprint density at radius 2 is 1.73 bits per heavy atom. The molecule has 3 N–H and O–H groups in total. The zero-order chi connectivity index (χ0) is 16.1. The Morgan fingerprint density at radius 1 is 1.05 bits per heavy atom. The van der Waals surface area contributed by atoms with Gasteiger partial charge in [0, 0.05) is 19.2 Å². The van der Waals surface area contributed by atoms with Crippen molar-refractivity contribution in [3.63, 3.8) is 0 Å². The zero-order valence-electron chi connectivity index (χ0n) is 12.5. The molecule has 0 aromatic heterocycles. The van der Waals surface area contributed by atoms with Gasteiger partial charge >= 0.3 is 0 Å². The smallest absolute Gasteiger partial charge is 0.255 e. The van der Waals surface area contributed by atoms with Gasteiger partial charge in [0.15, 0.2) is 0 Å². The second-order valence-electron chi connectivity index (χ2n) is 4.98. The molecule has 5 nitrogen and oxygen atoms in total. The molecule has 0 aliphatic rings. The predicted octanol–water partition coefficient (Wildman–Crippen LogP) is 1.99. The van der Waals surface area contributed by atoms with Crippen LogP contribution in [-0.4, -0.2) is 24.0 Å². The van der Waals surface area contributed by atoms with Gasteiger partial charge in [0.05, 0.1) is 5.56 Å². The van der Waals surface area contributed by atoms with Gasteiger partial charge in [0.2, 0.25) is 0 Å². The highest BCUT2D eigenvalue weighted by Crippen LogP contribution is 2.18. The summed E-state index contributed by atoms with van der Waals surface area (Å²) in [7, 11) is 1.57. The fourth-order valence-electron chi connectivity index (χ4n) is 2.03. The highest BCUT2D eigenvalue weighted by atomic mass is 16.3. The normalized spacial score (nSPS) is 10.1. The number of nitrogens with one attached hydrogen (secondary N) is 2. The Balaban J connectivity index is 2.00. The number of rotatable bonds is 4. The largest absolute Gasteiger partial charge is 0.507 e. The molecule has 2 amide bonds. The van der Waals surface area contributed by atoms with Crippen molar-refractivity contribution in [1.82, 2.24) is 10.6 Å². The number of aromatic hydroxyl groups is 1. The molecule has 0 spiro atoms. The zero-order valence-corrected chi connectivity index (χ0v) is 12.5. The first kappa shape index (κ1) is 15.6. The van der Waals surface area contributed by atoms with Crippen LogP contribution in [0.4, 0.5) is 0 Å². The monoisotopic (exact) mass is 298 g/mol. The second-order valence-corrected chi connectivity index (χ2v) is 4.98. The quantitative estimate of drug-likeness (QED) is 0.807. The molecule has 0 aliphatic carbocycles. The first-order chi connectivity index (χ1) is 10.5. The van der Waals surface area contributed by atoms with Gasteiger partial charge in [-0.1, -0.05) is 18.2 Å². The molecule has 2 rings (SSSR count). The third kappa shape index (κ3) is 3.63. The van der Waals surface area contributed by atoms with E-state index in [2.05, 4.69) is 10.6 Å². The van der Waals surface area contributed by atoms with Crippen molar-refractivity contribution in [2.24, 2.45) is 0 Å². The van der Waals surface area contributed by atoms with Gasteiger partial charge in [-0.2, -0.15) is 0 Å². The van der Waals surface area contributed by atoms with Crippen LogP contribution in [0.15, 0.2) is 42.5 Å². The van der Waals surface area contributed by atoms with Gasteiger partial charge in [0.25, 0.3) is 11.8 Å². The van der Waals surface area contributed by atoms with Gasteiger partial charge in [-0.05, 0) is 42.3 Å². The molecule has 0 aliphatic heterocycles. The van der Waals surface area contributed by atoms with Crippen LogP contribution < -0.4 is 10.6 Å². The summed E-state index contributed by atoms with van der Waals surface area (Å²) >= 11 is 0. The van der Waals surface area contributed by atoms with Crippen LogP contribution >= 0.6 is 0 Å². The van der Waals surface area contributed by atoms with E-state index in [1.807, 2.05) is 6.92 Å². The SMILES string of the molecule is CNC(=O)c1ccc(CNC(=O)c2ccc(C)cc2O)cc1. The number of hydrogen-bond acceptors (Lipinski definition) is 3. The Bertz CT molecular complexity index is 694. The summed E-state index contributed by atoms with van der Waals surface area (Å²) in [4.78, 5) is 23.5. The highest BCUT2D eigenvalue weighted by Gasteiger charge is 2.10. The molecule has 5 heteroatoms. The molecule has 0 heterocycles. The van der Waals surface area contributed by atoms with Gasteiger partial charge in [-0.3, -0.25) is 9.59 Å². The van der Waals surface area contributed by atoms with Crippen molar-refractivity contribution in [3.05, 3.63) is 64.7 Å². The second kappa shape index (κ2) is 6.76. The summed E-state index contributed by atoms with van der Waals surface area (Å²) in [6.07, 6.45) is 0. The minimum Gasteiger partial charge on any atom is -0.507 e. The lowest BCUT2D eigenvalue weighted by molar-refractivity contribution is 0.0943. The number of phenolic OH excluding ortho intramolecular Hbond substituents is 1.